The van der Waals surface area contributed by atoms with Gasteiger partial charge >= 0.3 is 16.4 Å². The number of hydrogen-bond donors (Lipinski definition) is 4. The van der Waals surface area contributed by atoms with Gasteiger partial charge in [0.15, 0.2) is 0 Å². The van der Waals surface area contributed by atoms with Gasteiger partial charge in [-0.1, -0.05) is 24.8 Å². The number of likely N-dealkylation sites (N-methyl/N-ethyl adjacent to an activating group) is 2. The van der Waals surface area contributed by atoms with Crippen LogP contribution in [0.3, 0.4) is 0 Å². The van der Waals surface area contributed by atoms with E-state index < -0.39 is 16.4 Å². The minimum Gasteiger partial charge on any atom is -0.494 e. The van der Waals surface area contributed by atoms with Crippen LogP contribution in [0.4, 0.5) is 23.0 Å². The van der Waals surface area contributed by atoms with Gasteiger partial charge in [0.2, 0.25) is 11.9 Å². The van der Waals surface area contributed by atoms with Gasteiger partial charge < -0.3 is 34.5 Å². The summed E-state index contributed by atoms with van der Waals surface area (Å²) in [5.74, 6) is -0.110. The van der Waals surface area contributed by atoms with Crippen molar-refractivity contribution in [3.8, 4) is 17.0 Å². The first-order valence-corrected chi connectivity index (χ1v) is 16.0. The van der Waals surface area contributed by atoms with Crippen LogP contribution >= 0.6 is 0 Å². The molecule has 0 aliphatic rings. The van der Waals surface area contributed by atoms with Gasteiger partial charge in [-0.15, -0.1) is 0 Å². The van der Waals surface area contributed by atoms with Crippen molar-refractivity contribution in [2.45, 2.75) is 20.0 Å². The summed E-state index contributed by atoms with van der Waals surface area (Å²) in [5.41, 5.74) is 4.28. The topological polar surface area (TPSA) is 188 Å². The molecule has 2 aromatic carbocycles. The second-order valence-electron chi connectivity index (χ2n) is 11.1. The van der Waals surface area contributed by atoms with Gasteiger partial charge in [-0.2, -0.15) is 8.42 Å². The number of ether oxygens (including phenoxy) is 2. The van der Waals surface area contributed by atoms with E-state index in [-0.39, 0.29) is 23.5 Å². The first-order valence-electron chi connectivity index (χ1n) is 14.6. The second-order valence-corrected chi connectivity index (χ2v) is 12.0. The maximum absolute atomic E-state index is 13.1. The molecule has 258 valence electrons. The first-order chi connectivity index (χ1) is 22.5. The first kappa shape index (κ1) is 37.4. The predicted molar refractivity (Wildman–Crippen MR) is 186 cm³/mol. The third-order valence-electron chi connectivity index (χ3n) is 6.80. The maximum Gasteiger partial charge on any atom is 0.394 e. The summed E-state index contributed by atoms with van der Waals surface area (Å²) in [6.07, 6.45) is 4.31. The average molecular weight is 684 g/mol. The van der Waals surface area contributed by atoms with Gasteiger partial charge in [0, 0.05) is 62.1 Å². The molecule has 0 atom stereocenters. The van der Waals surface area contributed by atoms with Crippen LogP contribution in [0.5, 0.6) is 5.75 Å². The summed E-state index contributed by atoms with van der Waals surface area (Å²) in [6.45, 7) is 8.70. The van der Waals surface area contributed by atoms with Crippen molar-refractivity contribution in [1.82, 2.24) is 19.4 Å². The minimum atomic E-state index is -4.67. The smallest absolute Gasteiger partial charge is 0.394 e. The number of amides is 1. The number of fused-ring (bicyclic) bond motifs is 1. The highest BCUT2D eigenvalue weighted by molar-refractivity contribution is 7.79. The summed E-state index contributed by atoms with van der Waals surface area (Å²) in [5, 5.41) is 7.06. The number of esters is 1. The van der Waals surface area contributed by atoms with Crippen LogP contribution in [0.25, 0.3) is 22.2 Å². The number of aromatic nitrogens is 3. The van der Waals surface area contributed by atoms with Gasteiger partial charge in [-0.3, -0.25) is 13.9 Å². The molecular weight excluding hydrogens is 642 g/mol. The van der Waals surface area contributed by atoms with Crippen LogP contribution in [0.15, 0.2) is 61.4 Å². The van der Waals surface area contributed by atoms with Crippen molar-refractivity contribution < 1.29 is 36.6 Å². The Morgan fingerprint density at radius 2 is 1.77 bits per heavy atom. The summed E-state index contributed by atoms with van der Waals surface area (Å²) in [4.78, 5) is 38.9. The maximum atomic E-state index is 13.1. The van der Waals surface area contributed by atoms with Crippen LogP contribution in [0, 0.1) is 0 Å². The van der Waals surface area contributed by atoms with Crippen molar-refractivity contribution in [1.29, 1.82) is 0 Å². The highest BCUT2D eigenvalue weighted by Gasteiger charge is 2.23. The Kier molecular flexibility index (Phi) is 12.6. The SMILES string of the molecule is C=CC(=O)Nc1cc(Nc2ncc(C(=O)OC(C)C)c(-c3cn(C)c4ccccc34)n2)c(OC)cc1N(C)CCN(C)C.O=S(=O)(O)O. The molecule has 2 aromatic heterocycles. The van der Waals surface area contributed by atoms with E-state index in [0.29, 0.717) is 29.4 Å². The molecule has 0 radical (unpaired) electrons. The molecule has 0 aliphatic carbocycles. The molecule has 0 aliphatic heterocycles. The minimum absolute atomic E-state index is 0.233. The average Bonchev–Trinajstić information content (AvgIpc) is 3.34. The van der Waals surface area contributed by atoms with Gasteiger partial charge in [0.25, 0.3) is 0 Å². The molecule has 0 spiro atoms. The third-order valence-corrected chi connectivity index (χ3v) is 6.80. The molecular formula is C32H41N7O8S. The monoisotopic (exact) mass is 683 g/mol. The van der Waals surface area contributed by atoms with Crippen LogP contribution in [0.1, 0.15) is 24.2 Å². The number of carbonyl (C=O) groups excluding carboxylic acids is 2. The van der Waals surface area contributed by atoms with Crippen molar-refractivity contribution in [3.63, 3.8) is 0 Å². The fourth-order valence-corrected chi connectivity index (χ4v) is 4.63. The lowest BCUT2D eigenvalue weighted by molar-refractivity contribution is -0.111. The summed E-state index contributed by atoms with van der Waals surface area (Å²) in [6, 6.07) is 11.5. The molecule has 0 saturated carbocycles. The van der Waals surface area contributed by atoms with Gasteiger partial charge in [-0.25, -0.2) is 14.8 Å². The van der Waals surface area contributed by atoms with Crippen LogP contribution in [0.2, 0.25) is 0 Å². The highest BCUT2D eigenvalue weighted by atomic mass is 32.3. The van der Waals surface area contributed by atoms with Gasteiger partial charge in [0.1, 0.15) is 11.3 Å². The Labute approximate surface area is 279 Å². The Hall–Kier alpha value is -5.03. The van der Waals surface area contributed by atoms with Gasteiger partial charge in [0.05, 0.1) is 36.0 Å². The Morgan fingerprint density at radius 1 is 1.10 bits per heavy atom. The Morgan fingerprint density at radius 3 is 2.38 bits per heavy atom. The molecule has 4 rings (SSSR count). The lowest BCUT2D eigenvalue weighted by Gasteiger charge is -2.26. The van der Waals surface area contributed by atoms with Crippen molar-refractivity contribution in [2.75, 3.05) is 56.9 Å². The fourth-order valence-electron chi connectivity index (χ4n) is 4.63. The van der Waals surface area contributed by atoms with Gasteiger partial charge in [-0.05, 0) is 46.2 Å². The molecule has 16 heteroatoms. The summed E-state index contributed by atoms with van der Waals surface area (Å²) < 4.78 is 44.8. The van der Waals surface area contributed by atoms with Crippen molar-refractivity contribution in [3.05, 3.63) is 67.0 Å². The number of aryl methyl sites for hydroxylation is 1. The van der Waals surface area contributed by atoms with E-state index in [1.165, 1.54) is 12.3 Å². The largest absolute Gasteiger partial charge is 0.494 e. The van der Waals surface area contributed by atoms with Crippen LogP contribution in [-0.2, 0) is 27.0 Å². The quantitative estimate of drug-likeness (QED) is 0.0934. The van der Waals surface area contributed by atoms with Crippen LogP contribution < -0.4 is 20.3 Å². The predicted octanol–water partition coefficient (Wildman–Crippen LogP) is 4.42. The molecule has 2 heterocycles. The number of benzene rings is 2. The third kappa shape index (κ3) is 10.2. The highest BCUT2D eigenvalue weighted by Crippen LogP contribution is 2.39. The standard InChI is InChI=1S/C32H39N7O4.H2O4S/c1-9-29(40)34-24-16-25(28(42-8)17-27(24)38(6)15-14-37(4)5)35-32-33-18-22(31(41)43-20(2)3)30(36-32)23-19-39(7)26-13-11-10-12-21(23)26;1-5(2,3)4/h9-13,16-20H,1,14-15H2,2-8H3,(H,34,40)(H,33,35,36);(H2,1,2,3,4). The Bertz CT molecular complexity index is 1880. The van der Waals surface area contributed by atoms with E-state index in [1.807, 2.05) is 74.2 Å². The molecule has 0 bridgehead atoms. The number of methoxy groups -OCH3 is 1. The molecule has 0 fully saturated rings. The lowest BCUT2D eigenvalue weighted by atomic mass is 10.1. The number of carbonyl (C=O) groups is 2. The zero-order valence-corrected chi connectivity index (χ0v) is 28.7. The lowest BCUT2D eigenvalue weighted by Crippen LogP contribution is -2.29. The molecule has 48 heavy (non-hydrogen) atoms. The fraction of sp³-hybridized carbons (Fsp3) is 0.312. The normalized spacial score (nSPS) is 11.1. The van der Waals surface area contributed by atoms with E-state index in [4.69, 9.17) is 32.0 Å². The molecule has 15 nitrogen and oxygen atoms in total. The Balaban J connectivity index is 0.00000116. The van der Waals surface area contributed by atoms with Crippen molar-refractivity contribution >= 4 is 56.2 Å². The second kappa shape index (κ2) is 16.2. The number of nitrogens with one attached hydrogen (secondary N) is 2. The molecule has 4 aromatic rings. The number of hydrogen-bond acceptors (Lipinski definition) is 11. The molecule has 0 unspecified atom stereocenters. The van der Waals surface area contributed by atoms with E-state index in [2.05, 4.69) is 27.1 Å². The van der Waals surface area contributed by atoms with E-state index in [9.17, 15) is 9.59 Å². The number of rotatable bonds is 12. The van der Waals surface area contributed by atoms with Crippen LogP contribution in [-0.4, -0.2) is 96.3 Å². The summed E-state index contributed by atoms with van der Waals surface area (Å²) in [7, 11) is 4.80. The van der Waals surface area contributed by atoms with Crippen molar-refractivity contribution in [2.24, 2.45) is 7.05 Å². The number of anilines is 4. The zero-order valence-electron chi connectivity index (χ0n) is 27.9. The van der Waals surface area contributed by atoms with E-state index >= 15 is 0 Å². The number of para-hydroxylation sites is 1. The summed E-state index contributed by atoms with van der Waals surface area (Å²) >= 11 is 0. The molecule has 1 amide bonds. The van der Waals surface area contributed by atoms with E-state index in [1.54, 1.807) is 27.0 Å². The zero-order chi connectivity index (χ0) is 35.8. The van der Waals surface area contributed by atoms with E-state index in [0.717, 1.165) is 28.7 Å². The molecule has 0 saturated heterocycles. The molecule has 4 N–H and O–H groups in total. The number of nitrogens with zero attached hydrogens (tertiary/aromatic N) is 5.